The molecule has 1 aromatic carbocycles. The van der Waals surface area contributed by atoms with Gasteiger partial charge in [0, 0.05) is 6.54 Å². The van der Waals surface area contributed by atoms with Crippen LogP contribution in [0.2, 0.25) is 5.02 Å². The number of hydrogen-bond donors (Lipinski definition) is 3. The fraction of sp³-hybridized carbons (Fsp3) is 0.364. The van der Waals surface area contributed by atoms with Gasteiger partial charge < -0.3 is 15.5 Å². The zero-order chi connectivity index (χ0) is 14.6. The molecule has 4 nitrogen and oxygen atoms in total. The number of hydrogen-bond acceptors (Lipinski definition) is 3. The largest absolute Gasteiger partial charge is 0.506 e. The minimum absolute atomic E-state index is 0.184. The minimum Gasteiger partial charge on any atom is -0.506 e. The molecule has 3 N–H and O–H groups in total. The van der Waals surface area contributed by atoms with Crippen LogP contribution in [0.1, 0.15) is 12.0 Å². The van der Waals surface area contributed by atoms with E-state index in [9.17, 15) is 28.2 Å². The van der Waals surface area contributed by atoms with Crippen LogP contribution in [0, 0.1) is 0 Å². The number of aromatic hydroxyl groups is 2. The minimum atomic E-state index is -4.90. The van der Waals surface area contributed by atoms with Gasteiger partial charge in [-0.25, -0.2) is 0 Å². The first-order chi connectivity index (χ1) is 8.73. The van der Waals surface area contributed by atoms with Gasteiger partial charge in [-0.05, 0) is 24.5 Å². The summed E-state index contributed by atoms with van der Waals surface area (Å²) >= 11 is 5.59. The smallest absolute Gasteiger partial charge is 0.471 e. The van der Waals surface area contributed by atoms with Crippen molar-refractivity contribution in [1.82, 2.24) is 5.32 Å². The summed E-state index contributed by atoms with van der Waals surface area (Å²) in [5.74, 6) is -2.60. The summed E-state index contributed by atoms with van der Waals surface area (Å²) < 4.78 is 35.6. The molecule has 0 fully saturated rings. The highest BCUT2D eigenvalue weighted by Gasteiger charge is 2.38. The molecule has 0 heterocycles. The number of aryl methyl sites for hydroxylation is 1. The molecule has 106 valence electrons. The van der Waals surface area contributed by atoms with Crippen LogP contribution in [0.5, 0.6) is 11.5 Å². The fourth-order valence-corrected chi connectivity index (χ4v) is 1.56. The first-order valence-electron chi connectivity index (χ1n) is 5.28. The lowest BCUT2D eigenvalue weighted by atomic mass is 10.1. The van der Waals surface area contributed by atoms with Crippen LogP contribution in [-0.4, -0.2) is 28.8 Å². The van der Waals surface area contributed by atoms with E-state index in [0.717, 1.165) is 0 Å². The Hall–Kier alpha value is -1.63. The van der Waals surface area contributed by atoms with Crippen molar-refractivity contribution in [2.45, 2.75) is 19.0 Å². The zero-order valence-corrected chi connectivity index (χ0v) is 10.3. The van der Waals surface area contributed by atoms with Gasteiger partial charge in [-0.1, -0.05) is 17.7 Å². The number of benzene rings is 1. The molecule has 0 aliphatic carbocycles. The normalized spacial score (nSPS) is 11.4. The number of carbonyl (C=O) groups is 1. The van der Waals surface area contributed by atoms with E-state index in [0.29, 0.717) is 5.56 Å². The first-order valence-corrected chi connectivity index (χ1v) is 5.65. The maximum Gasteiger partial charge on any atom is 0.471 e. The van der Waals surface area contributed by atoms with Gasteiger partial charge in [-0.3, -0.25) is 4.79 Å². The molecule has 1 rings (SSSR count). The predicted octanol–water partition coefficient (Wildman–Crippen LogP) is 2.36. The molecular formula is C11H11ClF3NO3. The summed E-state index contributed by atoms with van der Waals surface area (Å²) in [5, 5.41) is 20.2. The van der Waals surface area contributed by atoms with Gasteiger partial charge in [0.25, 0.3) is 0 Å². The van der Waals surface area contributed by atoms with Crippen molar-refractivity contribution in [1.29, 1.82) is 0 Å². The standard InChI is InChI=1S/C11H11ClF3NO3/c12-8-7(17)4-3-6(9(8)18)2-1-5-16-10(19)11(13,14)15/h3-4,17-18H,1-2,5H2,(H,16,19). The van der Waals surface area contributed by atoms with Crippen molar-refractivity contribution in [3.63, 3.8) is 0 Å². The lowest BCUT2D eigenvalue weighted by molar-refractivity contribution is -0.173. The van der Waals surface area contributed by atoms with Crippen LogP contribution >= 0.6 is 11.6 Å². The van der Waals surface area contributed by atoms with Crippen molar-refractivity contribution in [2.24, 2.45) is 0 Å². The van der Waals surface area contributed by atoms with Crippen LogP contribution < -0.4 is 5.32 Å². The average Bonchev–Trinajstić information content (AvgIpc) is 2.32. The molecule has 19 heavy (non-hydrogen) atoms. The number of rotatable bonds is 4. The van der Waals surface area contributed by atoms with Crippen LogP contribution in [-0.2, 0) is 11.2 Å². The fourth-order valence-electron chi connectivity index (χ4n) is 1.38. The van der Waals surface area contributed by atoms with Gasteiger partial charge in [0.05, 0.1) is 0 Å². The van der Waals surface area contributed by atoms with Crippen molar-refractivity contribution < 1.29 is 28.2 Å². The van der Waals surface area contributed by atoms with E-state index in [2.05, 4.69) is 0 Å². The Labute approximate surface area is 111 Å². The van der Waals surface area contributed by atoms with Crippen LogP contribution in [0.3, 0.4) is 0 Å². The Balaban J connectivity index is 2.47. The third-order valence-electron chi connectivity index (χ3n) is 2.35. The van der Waals surface area contributed by atoms with Crippen molar-refractivity contribution in [2.75, 3.05) is 6.54 Å². The van der Waals surface area contributed by atoms with Gasteiger partial charge in [0.15, 0.2) is 0 Å². The number of alkyl halides is 3. The van der Waals surface area contributed by atoms with Gasteiger partial charge in [-0.2, -0.15) is 13.2 Å². The molecule has 0 saturated heterocycles. The second kappa shape index (κ2) is 6.01. The number of carbonyl (C=O) groups excluding carboxylic acids is 1. The average molecular weight is 298 g/mol. The molecule has 0 unspecified atom stereocenters. The molecule has 0 spiro atoms. The van der Waals surface area contributed by atoms with Crippen molar-refractivity contribution >= 4 is 17.5 Å². The summed E-state index contributed by atoms with van der Waals surface area (Å²) in [6.45, 7) is -0.184. The maximum atomic E-state index is 11.9. The Bertz CT molecular complexity index is 477. The molecule has 0 bridgehead atoms. The van der Waals surface area contributed by atoms with E-state index in [1.165, 1.54) is 12.1 Å². The number of phenolic OH excluding ortho intramolecular Hbond substituents is 2. The molecule has 0 radical (unpaired) electrons. The second-order valence-electron chi connectivity index (χ2n) is 3.76. The molecule has 1 aromatic rings. The molecule has 0 saturated carbocycles. The van der Waals surface area contributed by atoms with Crippen LogP contribution in [0.25, 0.3) is 0 Å². The zero-order valence-electron chi connectivity index (χ0n) is 9.59. The number of amides is 1. The monoisotopic (exact) mass is 297 g/mol. The Morgan fingerprint density at radius 1 is 1.32 bits per heavy atom. The number of halogens is 4. The van der Waals surface area contributed by atoms with Gasteiger partial charge in [0.2, 0.25) is 0 Å². The van der Waals surface area contributed by atoms with E-state index < -0.39 is 12.1 Å². The first kappa shape index (κ1) is 15.4. The van der Waals surface area contributed by atoms with E-state index in [1.54, 1.807) is 5.32 Å². The Morgan fingerprint density at radius 2 is 1.95 bits per heavy atom. The molecule has 1 amide bonds. The number of phenols is 2. The second-order valence-corrected chi connectivity index (χ2v) is 4.14. The summed E-state index contributed by atoms with van der Waals surface area (Å²) in [6.07, 6.45) is -4.50. The topological polar surface area (TPSA) is 69.6 Å². The number of nitrogens with one attached hydrogen (secondary N) is 1. The van der Waals surface area contributed by atoms with Gasteiger partial charge in [-0.15, -0.1) is 0 Å². The molecule has 8 heteroatoms. The Morgan fingerprint density at radius 3 is 2.53 bits per heavy atom. The summed E-state index contributed by atoms with van der Waals surface area (Å²) in [6, 6.07) is 2.67. The van der Waals surface area contributed by atoms with Gasteiger partial charge in [0.1, 0.15) is 16.5 Å². The SMILES string of the molecule is O=C(NCCCc1ccc(O)c(Cl)c1O)C(F)(F)F. The molecular weight excluding hydrogens is 287 g/mol. The van der Waals surface area contributed by atoms with Crippen molar-refractivity contribution in [3.8, 4) is 11.5 Å². The summed E-state index contributed by atoms with van der Waals surface area (Å²) in [4.78, 5) is 10.5. The van der Waals surface area contributed by atoms with Crippen molar-refractivity contribution in [3.05, 3.63) is 22.7 Å². The van der Waals surface area contributed by atoms with Gasteiger partial charge >= 0.3 is 12.1 Å². The highest BCUT2D eigenvalue weighted by Crippen LogP contribution is 2.35. The molecule has 0 aliphatic rings. The highest BCUT2D eigenvalue weighted by atomic mass is 35.5. The molecule has 0 atom stereocenters. The summed E-state index contributed by atoms with van der Waals surface area (Å²) in [5.41, 5.74) is 0.379. The predicted molar refractivity (Wildman–Crippen MR) is 62.2 cm³/mol. The summed E-state index contributed by atoms with van der Waals surface area (Å²) in [7, 11) is 0. The van der Waals surface area contributed by atoms with E-state index in [4.69, 9.17) is 11.6 Å². The van der Waals surface area contributed by atoms with E-state index in [-0.39, 0.29) is 35.9 Å². The molecule has 0 aromatic heterocycles. The lowest BCUT2D eigenvalue weighted by Crippen LogP contribution is -2.37. The van der Waals surface area contributed by atoms with Crippen LogP contribution in [0.15, 0.2) is 12.1 Å². The quantitative estimate of drug-likeness (QED) is 0.747. The van der Waals surface area contributed by atoms with Crippen LogP contribution in [0.4, 0.5) is 13.2 Å². The highest BCUT2D eigenvalue weighted by molar-refractivity contribution is 6.33. The van der Waals surface area contributed by atoms with E-state index >= 15 is 0 Å². The maximum absolute atomic E-state index is 11.9. The third kappa shape index (κ3) is 4.20. The molecule has 0 aliphatic heterocycles. The lowest BCUT2D eigenvalue weighted by Gasteiger charge is -2.09. The van der Waals surface area contributed by atoms with E-state index in [1.807, 2.05) is 0 Å². The Kier molecular flexibility index (Phi) is 4.88. The third-order valence-corrected chi connectivity index (χ3v) is 2.72.